The van der Waals surface area contributed by atoms with Crippen molar-refractivity contribution in [3.05, 3.63) is 23.8 Å². The highest BCUT2D eigenvalue weighted by Gasteiger charge is 2.10. The minimum absolute atomic E-state index is 0.825. The van der Waals surface area contributed by atoms with E-state index in [0.717, 1.165) is 49.9 Å². The first kappa shape index (κ1) is 14.5. The van der Waals surface area contributed by atoms with Gasteiger partial charge in [-0.3, -0.25) is 4.99 Å². The smallest absolute Gasteiger partial charge is 0.193 e. The molecule has 0 atom stereocenters. The fourth-order valence-electron chi connectivity index (χ4n) is 2.24. The predicted molar refractivity (Wildman–Crippen MR) is 80.8 cm³/mol. The van der Waals surface area contributed by atoms with E-state index in [1.54, 1.807) is 14.2 Å². The fourth-order valence-corrected chi connectivity index (χ4v) is 2.24. The quantitative estimate of drug-likeness (QED) is 0.886. The zero-order valence-electron chi connectivity index (χ0n) is 12.5. The maximum absolute atomic E-state index is 5.28. The number of nitrogens with one attached hydrogen (secondary N) is 1. The summed E-state index contributed by atoms with van der Waals surface area (Å²) in [6, 6.07) is 5.96. The summed E-state index contributed by atoms with van der Waals surface area (Å²) >= 11 is 0. The number of hydrogen-bond donors (Lipinski definition) is 1. The number of hydrogen-bond acceptors (Lipinski definition) is 5. The van der Waals surface area contributed by atoms with Crippen LogP contribution in [0.25, 0.3) is 0 Å². The average Bonchev–Trinajstić information content (AvgIpc) is 2.48. The lowest BCUT2D eigenvalue weighted by molar-refractivity contribution is 0.393. The Kier molecular flexibility index (Phi) is 5.09. The summed E-state index contributed by atoms with van der Waals surface area (Å²) in [6.07, 6.45) is 2.04. The van der Waals surface area contributed by atoms with Crippen LogP contribution in [0.4, 0.5) is 0 Å². The second-order valence-corrected chi connectivity index (χ2v) is 4.88. The van der Waals surface area contributed by atoms with E-state index in [2.05, 4.69) is 22.3 Å². The normalized spacial score (nSPS) is 14.8. The molecule has 0 spiro atoms. The van der Waals surface area contributed by atoms with Crippen LogP contribution in [-0.4, -0.2) is 51.8 Å². The molecule has 0 amide bonds. The lowest BCUT2D eigenvalue weighted by Crippen LogP contribution is -2.42. The third kappa shape index (κ3) is 3.79. The van der Waals surface area contributed by atoms with Crippen LogP contribution in [0, 0.1) is 0 Å². The van der Waals surface area contributed by atoms with Crippen LogP contribution in [0.2, 0.25) is 0 Å². The zero-order chi connectivity index (χ0) is 14.4. The van der Waals surface area contributed by atoms with Gasteiger partial charge in [-0.2, -0.15) is 0 Å². The molecule has 0 radical (unpaired) electrons. The SMILES string of the molecule is COc1cc(CCNC2=NCCCN2C)cc(OC)c1. The second-order valence-electron chi connectivity index (χ2n) is 4.88. The Hall–Kier alpha value is -1.91. The minimum Gasteiger partial charge on any atom is -0.497 e. The van der Waals surface area contributed by atoms with Crippen LogP contribution in [0.15, 0.2) is 23.2 Å². The van der Waals surface area contributed by atoms with Gasteiger partial charge >= 0.3 is 0 Å². The van der Waals surface area contributed by atoms with Crippen molar-refractivity contribution in [1.29, 1.82) is 0 Å². The molecule has 0 unspecified atom stereocenters. The Balaban J connectivity index is 1.92. The predicted octanol–water partition coefficient (Wildman–Crippen LogP) is 1.53. The molecule has 5 heteroatoms. The first-order chi connectivity index (χ1) is 9.72. The zero-order valence-corrected chi connectivity index (χ0v) is 12.5. The molecule has 1 aromatic carbocycles. The summed E-state index contributed by atoms with van der Waals surface area (Å²) in [5.74, 6) is 2.64. The van der Waals surface area contributed by atoms with Crippen molar-refractivity contribution < 1.29 is 9.47 Å². The van der Waals surface area contributed by atoms with Gasteiger partial charge in [-0.05, 0) is 30.5 Å². The maximum Gasteiger partial charge on any atom is 0.193 e. The number of rotatable bonds is 5. The lowest BCUT2D eigenvalue weighted by Gasteiger charge is -2.25. The summed E-state index contributed by atoms with van der Waals surface area (Å²) in [7, 11) is 5.41. The van der Waals surface area contributed by atoms with E-state index in [-0.39, 0.29) is 0 Å². The number of guanidine groups is 1. The standard InChI is InChI=1S/C15H23N3O2/c1-18-8-4-6-16-15(18)17-7-5-12-9-13(19-2)11-14(10-12)20-3/h9-11H,4-8H2,1-3H3,(H,16,17). The van der Waals surface area contributed by atoms with Gasteiger partial charge in [-0.15, -0.1) is 0 Å². The van der Waals surface area contributed by atoms with Gasteiger partial charge in [-0.1, -0.05) is 0 Å². The number of nitrogens with zero attached hydrogens (tertiary/aromatic N) is 2. The monoisotopic (exact) mass is 277 g/mol. The van der Waals surface area contributed by atoms with Crippen molar-refractivity contribution in [2.24, 2.45) is 4.99 Å². The highest BCUT2D eigenvalue weighted by molar-refractivity contribution is 5.80. The molecule has 20 heavy (non-hydrogen) atoms. The molecular formula is C15H23N3O2. The Morgan fingerprint density at radius 3 is 2.50 bits per heavy atom. The molecule has 0 aliphatic carbocycles. The lowest BCUT2D eigenvalue weighted by atomic mass is 10.1. The van der Waals surface area contributed by atoms with E-state index in [0.29, 0.717) is 0 Å². The van der Waals surface area contributed by atoms with E-state index < -0.39 is 0 Å². The molecule has 0 bridgehead atoms. The maximum atomic E-state index is 5.28. The molecular weight excluding hydrogens is 254 g/mol. The van der Waals surface area contributed by atoms with Gasteiger partial charge in [-0.25, -0.2) is 0 Å². The fraction of sp³-hybridized carbons (Fsp3) is 0.533. The molecule has 1 aromatic rings. The molecule has 0 saturated carbocycles. The van der Waals surface area contributed by atoms with E-state index in [9.17, 15) is 0 Å². The summed E-state index contributed by atoms with van der Waals surface area (Å²) in [5, 5.41) is 3.39. The van der Waals surface area contributed by atoms with E-state index in [1.165, 1.54) is 5.56 Å². The number of benzene rings is 1. The van der Waals surface area contributed by atoms with Crippen LogP contribution >= 0.6 is 0 Å². The van der Waals surface area contributed by atoms with E-state index >= 15 is 0 Å². The van der Waals surface area contributed by atoms with Crippen molar-refractivity contribution in [2.75, 3.05) is 40.9 Å². The topological polar surface area (TPSA) is 46.1 Å². The third-order valence-electron chi connectivity index (χ3n) is 3.38. The molecule has 5 nitrogen and oxygen atoms in total. The van der Waals surface area contributed by atoms with Crippen molar-refractivity contribution >= 4 is 5.96 Å². The van der Waals surface area contributed by atoms with Crippen LogP contribution in [0.3, 0.4) is 0 Å². The van der Waals surface area contributed by atoms with E-state index in [4.69, 9.17) is 9.47 Å². The molecule has 2 rings (SSSR count). The average molecular weight is 277 g/mol. The Morgan fingerprint density at radius 1 is 1.20 bits per heavy atom. The highest BCUT2D eigenvalue weighted by atomic mass is 16.5. The first-order valence-electron chi connectivity index (χ1n) is 6.94. The van der Waals surface area contributed by atoms with Gasteiger partial charge in [0.05, 0.1) is 14.2 Å². The molecule has 1 aliphatic rings. The van der Waals surface area contributed by atoms with Crippen molar-refractivity contribution in [1.82, 2.24) is 10.2 Å². The van der Waals surface area contributed by atoms with Crippen molar-refractivity contribution in [2.45, 2.75) is 12.8 Å². The Morgan fingerprint density at radius 2 is 1.90 bits per heavy atom. The molecule has 0 aromatic heterocycles. The molecule has 0 saturated heterocycles. The highest BCUT2D eigenvalue weighted by Crippen LogP contribution is 2.22. The van der Waals surface area contributed by atoms with Gasteiger partial charge in [0.15, 0.2) is 5.96 Å². The van der Waals surface area contributed by atoms with Gasteiger partial charge in [0, 0.05) is 32.7 Å². The third-order valence-corrected chi connectivity index (χ3v) is 3.38. The Labute approximate surface area is 120 Å². The molecule has 1 aliphatic heterocycles. The van der Waals surface area contributed by atoms with Crippen LogP contribution < -0.4 is 14.8 Å². The van der Waals surface area contributed by atoms with Crippen molar-refractivity contribution in [3.63, 3.8) is 0 Å². The minimum atomic E-state index is 0.825. The largest absolute Gasteiger partial charge is 0.497 e. The summed E-state index contributed by atoms with van der Waals surface area (Å²) in [6.45, 7) is 2.83. The van der Waals surface area contributed by atoms with Crippen LogP contribution in [-0.2, 0) is 6.42 Å². The second kappa shape index (κ2) is 7.03. The van der Waals surface area contributed by atoms with Gasteiger partial charge in [0.25, 0.3) is 0 Å². The van der Waals surface area contributed by atoms with Crippen LogP contribution in [0.5, 0.6) is 11.5 Å². The Bertz CT molecular complexity index is 452. The number of methoxy groups -OCH3 is 2. The molecule has 1 heterocycles. The summed E-state index contributed by atoms with van der Waals surface area (Å²) < 4.78 is 10.6. The summed E-state index contributed by atoms with van der Waals surface area (Å²) in [5.41, 5.74) is 1.19. The van der Waals surface area contributed by atoms with Gasteiger partial charge in [0.2, 0.25) is 0 Å². The molecule has 1 N–H and O–H groups in total. The molecule has 0 fully saturated rings. The number of aliphatic imine (C=N–C) groups is 1. The van der Waals surface area contributed by atoms with Gasteiger partial charge in [0.1, 0.15) is 11.5 Å². The van der Waals surface area contributed by atoms with E-state index in [1.807, 2.05) is 18.2 Å². The first-order valence-corrected chi connectivity index (χ1v) is 6.94. The van der Waals surface area contributed by atoms with Crippen LogP contribution in [0.1, 0.15) is 12.0 Å². The number of ether oxygens (including phenoxy) is 2. The summed E-state index contributed by atoms with van der Waals surface area (Å²) in [4.78, 5) is 6.65. The van der Waals surface area contributed by atoms with Gasteiger partial charge < -0.3 is 19.7 Å². The van der Waals surface area contributed by atoms with Crippen molar-refractivity contribution in [3.8, 4) is 11.5 Å². The molecule has 110 valence electrons.